The number of carbonyl (C=O) groups excluding carboxylic acids is 1. The van der Waals surface area contributed by atoms with Crippen molar-refractivity contribution in [3.05, 3.63) is 64.1 Å². The van der Waals surface area contributed by atoms with Gasteiger partial charge < -0.3 is 19.5 Å². The van der Waals surface area contributed by atoms with Gasteiger partial charge in [0.2, 0.25) is 0 Å². The predicted molar refractivity (Wildman–Crippen MR) is 109 cm³/mol. The minimum absolute atomic E-state index is 0.168. The summed E-state index contributed by atoms with van der Waals surface area (Å²) in [5, 5.41) is 8.54. The van der Waals surface area contributed by atoms with Gasteiger partial charge in [0, 0.05) is 18.1 Å². The molecule has 0 fully saturated rings. The molecule has 0 unspecified atom stereocenters. The van der Waals surface area contributed by atoms with Gasteiger partial charge in [-0.2, -0.15) is 5.10 Å². The van der Waals surface area contributed by atoms with Gasteiger partial charge in [-0.15, -0.1) is 0 Å². The quantitative estimate of drug-likeness (QED) is 0.625. The van der Waals surface area contributed by atoms with Crippen LogP contribution in [0.4, 0.5) is 0 Å². The number of amides is 1. The Balaban J connectivity index is 1.87. The number of ether oxygens (including phenoxy) is 3. The van der Waals surface area contributed by atoms with Gasteiger partial charge in [0.25, 0.3) is 11.5 Å². The number of aromatic nitrogens is 2. The summed E-state index contributed by atoms with van der Waals surface area (Å²) in [4.78, 5) is 25.2. The summed E-state index contributed by atoms with van der Waals surface area (Å²) in [5.74, 6) is 0.727. The van der Waals surface area contributed by atoms with Gasteiger partial charge in [-0.3, -0.25) is 9.59 Å². The number of nitrogens with one attached hydrogen (secondary N) is 1. The molecular weight excluding hydrogens is 374 g/mol. The molecule has 1 heterocycles. The monoisotopic (exact) mass is 397 g/mol. The molecule has 1 N–H and O–H groups in total. The van der Waals surface area contributed by atoms with Crippen LogP contribution in [0.1, 0.15) is 16.1 Å². The Bertz CT molecular complexity index is 1080. The lowest BCUT2D eigenvalue weighted by molar-refractivity contribution is 0.0950. The van der Waals surface area contributed by atoms with Crippen molar-refractivity contribution in [2.45, 2.75) is 13.1 Å². The standard InChI is InChI=1S/C21H23N3O5/c1-27-11-10-24-21(26)16-7-5-4-6-15(16)17(23-24)13-22-20(25)14-8-9-18(28-2)19(12-14)29-3/h4-9,12H,10-11,13H2,1-3H3,(H,22,25). The smallest absolute Gasteiger partial charge is 0.274 e. The highest BCUT2D eigenvalue weighted by Crippen LogP contribution is 2.27. The predicted octanol–water partition coefficient (Wildman–Crippen LogP) is 1.99. The number of nitrogens with zero attached hydrogens (tertiary/aromatic N) is 2. The molecule has 3 aromatic rings. The fraction of sp³-hybridized carbons (Fsp3) is 0.286. The van der Waals surface area contributed by atoms with Crippen LogP contribution < -0.4 is 20.3 Å². The number of fused-ring (bicyclic) bond motifs is 1. The van der Waals surface area contributed by atoms with E-state index in [2.05, 4.69) is 10.4 Å². The number of rotatable bonds is 8. The zero-order valence-electron chi connectivity index (χ0n) is 16.6. The molecule has 0 saturated carbocycles. The molecule has 0 bridgehead atoms. The third kappa shape index (κ3) is 4.38. The Labute approximate surface area is 168 Å². The Kier molecular flexibility index (Phi) is 6.46. The lowest BCUT2D eigenvalue weighted by atomic mass is 10.1. The second-order valence-electron chi connectivity index (χ2n) is 6.27. The van der Waals surface area contributed by atoms with E-state index in [9.17, 15) is 9.59 Å². The molecule has 29 heavy (non-hydrogen) atoms. The average Bonchev–Trinajstić information content (AvgIpc) is 2.77. The van der Waals surface area contributed by atoms with Crippen molar-refractivity contribution in [2.24, 2.45) is 0 Å². The van der Waals surface area contributed by atoms with Gasteiger partial charge in [-0.05, 0) is 24.3 Å². The maximum absolute atomic E-state index is 12.6. The number of methoxy groups -OCH3 is 3. The van der Waals surface area contributed by atoms with E-state index in [1.165, 1.54) is 18.9 Å². The third-order valence-electron chi connectivity index (χ3n) is 4.51. The molecule has 3 rings (SSSR count). The van der Waals surface area contributed by atoms with Crippen LogP contribution in [0.5, 0.6) is 11.5 Å². The van der Waals surface area contributed by atoms with Crippen LogP contribution in [0.2, 0.25) is 0 Å². The number of hydrogen-bond donors (Lipinski definition) is 1. The normalized spacial score (nSPS) is 10.7. The van der Waals surface area contributed by atoms with E-state index in [0.29, 0.717) is 46.7 Å². The maximum atomic E-state index is 12.6. The Morgan fingerprint density at radius 3 is 2.45 bits per heavy atom. The minimum atomic E-state index is -0.286. The lowest BCUT2D eigenvalue weighted by Crippen LogP contribution is -2.29. The first kappa shape index (κ1) is 20.3. The molecule has 0 saturated heterocycles. The summed E-state index contributed by atoms with van der Waals surface area (Å²) >= 11 is 0. The number of carbonyl (C=O) groups is 1. The molecule has 0 aliphatic rings. The molecule has 1 amide bonds. The van der Waals surface area contributed by atoms with Crippen molar-refractivity contribution in [2.75, 3.05) is 27.9 Å². The zero-order valence-corrected chi connectivity index (χ0v) is 16.6. The van der Waals surface area contributed by atoms with Crippen LogP contribution in [-0.4, -0.2) is 43.6 Å². The molecule has 1 aromatic heterocycles. The molecule has 0 radical (unpaired) electrons. The Morgan fingerprint density at radius 1 is 1.03 bits per heavy atom. The topological polar surface area (TPSA) is 91.7 Å². The molecule has 0 aliphatic carbocycles. The van der Waals surface area contributed by atoms with Crippen molar-refractivity contribution in [1.82, 2.24) is 15.1 Å². The summed E-state index contributed by atoms with van der Waals surface area (Å²) in [6.45, 7) is 0.862. The van der Waals surface area contributed by atoms with E-state index in [1.54, 1.807) is 37.4 Å². The molecular formula is C21H23N3O5. The van der Waals surface area contributed by atoms with Crippen LogP contribution in [0.15, 0.2) is 47.3 Å². The summed E-state index contributed by atoms with van der Waals surface area (Å²) < 4.78 is 16.9. The van der Waals surface area contributed by atoms with Crippen molar-refractivity contribution in [3.63, 3.8) is 0 Å². The number of benzene rings is 2. The highest BCUT2D eigenvalue weighted by molar-refractivity contribution is 5.95. The fourth-order valence-corrected chi connectivity index (χ4v) is 3.01. The zero-order chi connectivity index (χ0) is 20.8. The van der Waals surface area contributed by atoms with Crippen LogP contribution in [0.25, 0.3) is 10.8 Å². The van der Waals surface area contributed by atoms with Crippen LogP contribution in [0, 0.1) is 0 Å². The Morgan fingerprint density at radius 2 is 1.76 bits per heavy atom. The summed E-state index contributed by atoms with van der Waals surface area (Å²) in [6, 6.07) is 12.1. The first-order chi connectivity index (χ1) is 14.1. The van der Waals surface area contributed by atoms with Gasteiger partial charge >= 0.3 is 0 Å². The van der Waals surface area contributed by atoms with Crippen LogP contribution >= 0.6 is 0 Å². The van der Waals surface area contributed by atoms with E-state index in [-0.39, 0.29) is 18.0 Å². The van der Waals surface area contributed by atoms with Gasteiger partial charge in [0.15, 0.2) is 11.5 Å². The van der Waals surface area contributed by atoms with E-state index in [4.69, 9.17) is 14.2 Å². The second-order valence-corrected chi connectivity index (χ2v) is 6.27. The highest BCUT2D eigenvalue weighted by atomic mass is 16.5. The summed E-state index contributed by atoms with van der Waals surface area (Å²) in [6.07, 6.45) is 0. The average molecular weight is 397 g/mol. The van der Waals surface area contributed by atoms with Gasteiger partial charge in [-0.1, -0.05) is 18.2 Å². The summed E-state index contributed by atoms with van der Waals surface area (Å²) in [7, 11) is 4.61. The molecule has 0 atom stereocenters. The Hall–Kier alpha value is -3.39. The van der Waals surface area contributed by atoms with Crippen molar-refractivity contribution >= 4 is 16.7 Å². The largest absolute Gasteiger partial charge is 0.493 e. The maximum Gasteiger partial charge on any atom is 0.274 e. The van der Waals surface area contributed by atoms with E-state index in [0.717, 1.165) is 0 Å². The fourth-order valence-electron chi connectivity index (χ4n) is 3.01. The van der Waals surface area contributed by atoms with E-state index in [1.807, 2.05) is 12.1 Å². The highest BCUT2D eigenvalue weighted by Gasteiger charge is 2.14. The first-order valence-corrected chi connectivity index (χ1v) is 9.07. The van der Waals surface area contributed by atoms with Crippen molar-refractivity contribution in [1.29, 1.82) is 0 Å². The molecule has 0 aliphatic heterocycles. The van der Waals surface area contributed by atoms with Crippen molar-refractivity contribution in [3.8, 4) is 11.5 Å². The molecule has 2 aromatic carbocycles. The SMILES string of the molecule is COCCn1nc(CNC(=O)c2ccc(OC)c(OC)c2)c2ccccc2c1=O. The summed E-state index contributed by atoms with van der Waals surface area (Å²) in [5.41, 5.74) is 0.845. The van der Waals surface area contributed by atoms with Gasteiger partial charge in [0.05, 0.1) is 45.0 Å². The minimum Gasteiger partial charge on any atom is -0.493 e. The first-order valence-electron chi connectivity index (χ1n) is 9.07. The van der Waals surface area contributed by atoms with E-state index >= 15 is 0 Å². The van der Waals surface area contributed by atoms with Gasteiger partial charge in [-0.25, -0.2) is 4.68 Å². The molecule has 0 spiro atoms. The second kappa shape index (κ2) is 9.20. The van der Waals surface area contributed by atoms with Crippen molar-refractivity contribution < 1.29 is 19.0 Å². The van der Waals surface area contributed by atoms with Crippen LogP contribution in [-0.2, 0) is 17.8 Å². The van der Waals surface area contributed by atoms with Gasteiger partial charge in [0.1, 0.15) is 0 Å². The molecule has 152 valence electrons. The van der Waals surface area contributed by atoms with Crippen LogP contribution in [0.3, 0.4) is 0 Å². The van der Waals surface area contributed by atoms with E-state index < -0.39 is 0 Å². The molecule has 8 heteroatoms. The lowest BCUT2D eigenvalue weighted by Gasteiger charge is -2.12. The molecule has 8 nitrogen and oxygen atoms in total. The third-order valence-corrected chi connectivity index (χ3v) is 4.51. The number of hydrogen-bond acceptors (Lipinski definition) is 6.